The molecule has 0 fully saturated rings. The van der Waals surface area contributed by atoms with Crippen LogP contribution in [0.1, 0.15) is 32.6 Å². The first-order valence-corrected chi connectivity index (χ1v) is 4.32. The second-order valence-corrected chi connectivity index (χ2v) is 2.60. The predicted octanol–water partition coefficient (Wildman–Crippen LogP) is 1.11. The third-order valence-corrected chi connectivity index (χ3v) is 1.51. The van der Waals surface area contributed by atoms with Gasteiger partial charge >= 0.3 is 0 Å². The molecule has 0 spiro atoms. The molecule has 0 rings (SSSR count). The van der Waals surface area contributed by atoms with Crippen LogP contribution in [0.15, 0.2) is 0 Å². The Bertz CT molecular complexity index is 47.2. The van der Waals surface area contributed by atoms with Gasteiger partial charge in [-0.1, -0.05) is 13.3 Å². The fourth-order valence-electron chi connectivity index (χ4n) is 0.821. The Morgan fingerprint density at radius 2 is 1.80 bits per heavy atom. The van der Waals surface area contributed by atoms with Crippen LogP contribution in [0.2, 0.25) is 0 Å². The number of unbranched alkanes of at least 4 members (excludes halogenated alkanes) is 2. The lowest BCUT2D eigenvalue weighted by atomic mass is 10.3. The molecule has 0 amide bonds. The minimum Gasteiger partial charge on any atom is -0.330 e. The molecule has 0 saturated heterocycles. The van der Waals surface area contributed by atoms with E-state index in [2.05, 4.69) is 12.2 Å². The van der Waals surface area contributed by atoms with Crippen molar-refractivity contribution in [2.75, 3.05) is 19.6 Å². The molecule has 3 N–H and O–H groups in total. The highest BCUT2D eigenvalue weighted by Gasteiger charge is 1.85. The maximum Gasteiger partial charge on any atom is -0.00484 e. The van der Waals surface area contributed by atoms with E-state index in [1.807, 2.05) is 0 Å². The van der Waals surface area contributed by atoms with Crippen molar-refractivity contribution in [3.63, 3.8) is 0 Å². The van der Waals surface area contributed by atoms with E-state index in [4.69, 9.17) is 5.73 Å². The Hall–Kier alpha value is -0.0800. The number of rotatable bonds is 7. The van der Waals surface area contributed by atoms with Crippen molar-refractivity contribution in [3.8, 4) is 0 Å². The largest absolute Gasteiger partial charge is 0.330 e. The van der Waals surface area contributed by atoms with Crippen molar-refractivity contribution in [2.45, 2.75) is 32.6 Å². The van der Waals surface area contributed by atoms with Crippen LogP contribution in [0.3, 0.4) is 0 Å². The summed E-state index contributed by atoms with van der Waals surface area (Å²) in [5.41, 5.74) is 5.34. The quantitative estimate of drug-likeness (QED) is 0.525. The van der Waals surface area contributed by atoms with Crippen LogP contribution in [0.4, 0.5) is 0 Å². The van der Waals surface area contributed by atoms with E-state index in [1.165, 1.54) is 25.8 Å². The summed E-state index contributed by atoms with van der Waals surface area (Å²) in [6, 6.07) is 0. The van der Waals surface area contributed by atoms with E-state index >= 15 is 0 Å². The highest BCUT2D eigenvalue weighted by Crippen LogP contribution is 1.85. The molecule has 0 unspecified atom stereocenters. The van der Waals surface area contributed by atoms with E-state index in [-0.39, 0.29) is 0 Å². The molecular weight excluding hydrogens is 124 g/mol. The van der Waals surface area contributed by atoms with Crippen LogP contribution < -0.4 is 11.1 Å². The molecule has 0 bridgehead atoms. The molecule has 0 aromatic carbocycles. The predicted molar refractivity (Wildman–Crippen MR) is 46.1 cm³/mol. The zero-order chi connectivity index (χ0) is 7.66. The molecule has 10 heavy (non-hydrogen) atoms. The first-order valence-electron chi connectivity index (χ1n) is 4.32. The first-order chi connectivity index (χ1) is 4.91. The van der Waals surface area contributed by atoms with E-state index in [0.29, 0.717) is 0 Å². The van der Waals surface area contributed by atoms with Gasteiger partial charge in [0.1, 0.15) is 0 Å². The molecule has 0 aliphatic rings. The monoisotopic (exact) mass is 144 g/mol. The smallest absolute Gasteiger partial charge is 0.00484 e. The Balaban J connectivity index is 2.65. The van der Waals surface area contributed by atoms with Gasteiger partial charge in [0, 0.05) is 0 Å². The van der Waals surface area contributed by atoms with Gasteiger partial charge in [-0.25, -0.2) is 0 Å². The second kappa shape index (κ2) is 8.92. The third-order valence-electron chi connectivity index (χ3n) is 1.51. The Morgan fingerprint density at radius 1 is 1.10 bits per heavy atom. The van der Waals surface area contributed by atoms with Crippen molar-refractivity contribution >= 4 is 0 Å². The van der Waals surface area contributed by atoms with Crippen molar-refractivity contribution in [3.05, 3.63) is 0 Å². The average Bonchev–Trinajstić information content (AvgIpc) is 1.97. The van der Waals surface area contributed by atoms with Gasteiger partial charge in [-0.05, 0) is 38.9 Å². The molecule has 2 heteroatoms. The number of hydrogen-bond donors (Lipinski definition) is 2. The molecule has 62 valence electrons. The molecule has 0 atom stereocenters. The van der Waals surface area contributed by atoms with Crippen molar-refractivity contribution in [1.29, 1.82) is 0 Å². The highest BCUT2D eigenvalue weighted by molar-refractivity contribution is 4.47. The lowest BCUT2D eigenvalue weighted by molar-refractivity contribution is 0.602. The molecule has 0 aromatic rings. The van der Waals surface area contributed by atoms with Gasteiger partial charge in [0.25, 0.3) is 0 Å². The van der Waals surface area contributed by atoms with Crippen LogP contribution in [-0.4, -0.2) is 19.6 Å². The number of nitrogens with one attached hydrogen (secondary N) is 1. The summed E-state index contributed by atoms with van der Waals surface area (Å²) in [7, 11) is 0. The molecule has 0 aliphatic heterocycles. The first kappa shape index (κ1) is 9.92. The van der Waals surface area contributed by atoms with Gasteiger partial charge in [0.2, 0.25) is 0 Å². The topological polar surface area (TPSA) is 38.0 Å². The lowest BCUT2D eigenvalue weighted by Crippen LogP contribution is -2.17. The van der Waals surface area contributed by atoms with Crippen LogP contribution in [0, 0.1) is 0 Å². The fraction of sp³-hybridized carbons (Fsp3) is 1.00. The zero-order valence-electron chi connectivity index (χ0n) is 7.03. The maximum absolute atomic E-state index is 5.34. The van der Waals surface area contributed by atoms with Gasteiger partial charge in [0.05, 0.1) is 0 Å². The summed E-state index contributed by atoms with van der Waals surface area (Å²) in [6.07, 6.45) is 4.95. The second-order valence-electron chi connectivity index (χ2n) is 2.60. The molecule has 2 nitrogen and oxygen atoms in total. The van der Waals surface area contributed by atoms with Gasteiger partial charge < -0.3 is 11.1 Å². The van der Waals surface area contributed by atoms with Crippen molar-refractivity contribution in [2.24, 2.45) is 5.73 Å². The van der Waals surface area contributed by atoms with E-state index in [1.54, 1.807) is 0 Å². The third kappa shape index (κ3) is 7.92. The minimum atomic E-state index is 0.829. The molecule has 0 aromatic heterocycles. The van der Waals surface area contributed by atoms with Crippen LogP contribution in [0.25, 0.3) is 0 Å². The Labute approximate surface area is 64.2 Å². The van der Waals surface area contributed by atoms with Crippen LogP contribution in [0.5, 0.6) is 0 Å². The molecule has 0 saturated carbocycles. The van der Waals surface area contributed by atoms with E-state index in [0.717, 1.165) is 19.5 Å². The summed E-state index contributed by atoms with van der Waals surface area (Å²) in [4.78, 5) is 0. The van der Waals surface area contributed by atoms with Crippen LogP contribution in [-0.2, 0) is 0 Å². The van der Waals surface area contributed by atoms with Crippen molar-refractivity contribution < 1.29 is 0 Å². The SMILES string of the molecule is CCCCNCCCCN. The van der Waals surface area contributed by atoms with Gasteiger partial charge in [-0.2, -0.15) is 0 Å². The lowest BCUT2D eigenvalue weighted by Gasteiger charge is -2.01. The summed E-state index contributed by atoms with van der Waals surface area (Å²) in [6.45, 7) is 5.34. The summed E-state index contributed by atoms with van der Waals surface area (Å²) >= 11 is 0. The van der Waals surface area contributed by atoms with E-state index < -0.39 is 0 Å². The fourth-order valence-corrected chi connectivity index (χ4v) is 0.821. The summed E-state index contributed by atoms with van der Waals surface area (Å²) < 4.78 is 0. The average molecular weight is 144 g/mol. The maximum atomic E-state index is 5.34. The highest BCUT2D eigenvalue weighted by atomic mass is 14.8. The van der Waals surface area contributed by atoms with E-state index in [9.17, 15) is 0 Å². The molecular formula is C8H20N2. The molecule has 0 radical (unpaired) electrons. The van der Waals surface area contributed by atoms with Crippen molar-refractivity contribution in [1.82, 2.24) is 5.32 Å². The van der Waals surface area contributed by atoms with Gasteiger partial charge in [-0.3, -0.25) is 0 Å². The molecule has 0 heterocycles. The summed E-state index contributed by atoms with van der Waals surface area (Å²) in [5, 5.41) is 3.37. The zero-order valence-corrected chi connectivity index (χ0v) is 7.03. The number of nitrogens with two attached hydrogens (primary N) is 1. The normalized spacial score (nSPS) is 10.2. The Morgan fingerprint density at radius 3 is 2.40 bits per heavy atom. The van der Waals surface area contributed by atoms with Gasteiger partial charge in [-0.15, -0.1) is 0 Å². The van der Waals surface area contributed by atoms with Gasteiger partial charge in [0.15, 0.2) is 0 Å². The standard InChI is InChI=1S/C8H20N2/c1-2-3-7-10-8-5-4-6-9/h10H,2-9H2,1H3. The minimum absolute atomic E-state index is 0.829. The van der Waals surface area contributed by atoms with Crippen LogP contribution >= 0.6 is 0 Å². The summed E-state index contributed by atoms with van der Waals surface area (Å²) in [5.74, 6) is 0. The molecule has 0 aliphatic carbocycles. The number of hydrogen-bond acceptors (Lipinski definition) is 2. The Kier molecular flexibility index (Phi) is 8.85.